The molecule has 0 atom stereocenters. The Labute approximate surface area is 110 Å². The minimum Gasteiger partial charge on any atom is -0.494 e. The van der Waals surface area contributed by atoms with Crippen molar-refractivity contribution >= 4 is 21.7 Å². The van der Waals surface area contributed by atoms with E-state index in [1.165, 1.54) is 0 Å². The molecule has 0 fully saturated rings. The zero-order chi connectivity index (χ0) is 12.7. The van der Waals surface area contributed by atoms with Gasteiger partial charge >= 0.3 is 0 Å². The van der Waals surface area contributed by atoms with E-state index in [-0.39, 0.29) is 5.78 Å². The largest absolute Gasteiger partial charge is 0.494 e. The van der Waals surface area contributed by atoms with Crippen LogP contribution in [0.4, 0.5) is 0 Å². The van der Waals surface area contributed by atoms with Crippen molar-refractivity contribution in [2.75, 3.05) is 18.5 Å². The Kier molecular flexibility index (Phi) is 6.05. The third kappa shape index (κ3) is 4.77. The lowest BCUT2D eigenvalue weighted by atomic mass is 10.1. The van der Waals surface area contributed by atoms with Crippen LogP contribution in [0.15, 0.2) is 18.2 Å². The van der Waals surface area contributed by atoms with E-state index in [0.29, 0.717) is 25.0 Å². The Balaban J connectivity index is 2.90. The molecule has 1 aromatic rings. The quantitative estimate of drug-likeness (QED) is 0.726. The van der Waals surface area contributed by atoms with Crippen LogP contribution < -0.4 is 9.47 Å². The number of halogens is 1. The molecule has 1 rings (SSSR count). The van der Waals surface area contributed by atoms with E-state index in [1.807, 2.05) is 32.0 Å². The normalized spacial score (nSPS) is 10.1. The number of carbonyl (C=O) groups is 1. The summed E-state index contributed by atoms with van der Waals surface area (Å²) in [7, 11) is 0. The number of hydrogen-bond acceptors (Lipinski definition) is 3. The summed E-state index contributed by atoms with van der Waals surface area (Å²) in [6, 6.07) is 5.61. The zero-order valence-corrected chi connectivity index (χ0v) is 11.7. The van der Waals surface area contributed by atoms with Gasteiger partial charge in [-0.05, 0) is 31.5 Å². The fraction of sp³-hybridized carbons (Fsp3) is 0.462. The summed E-state index contributed by atoms with van der Waals surface area (Å²) in [6.45, 7) is 5.05. The summed E-state index contributed by atoms with van der Waals surface area (Å²) in [6.07, 6.45) is 0.395. The molecule has 0 amide bonds. The van der Waals surface area contributed by atoms with Gasteiger partial charge in [0.25, 0.3) is 0 Å². The molecule has 0 aliphatic carbocycles. The third-order valence-electron chi connectivity index (χ3n) is 2.11. The Hall–Kier alpha value is -1.03. The molecule has 17 heavy (non-hydrogen) atoms. The van der Waals surface area contributed by atoms with E-state index >= 15 is 0 Å². The van der Waals surface area contributed by atoms with Gasteiger partial charge in [-0.15, -0.1) is 0 Å². The van der Waals surface area contributed by atoms with Crippen molar-refractivity contribution in [1.29, 1.82) is 0 Å². The lowest BCUT2D eigenvalue weighted by Gasteiger charge is -2.10. The molecule has 0 N–H and O–H groups in total. The molecule has 0 aliphatic heterocycles. The Bertz CT molecular complexity index is 353. The van der Waals surface area contributed by atoms with E-state index in [4.69, 9.17) is 9.47 Å². The SMILES string of the molecule is CCOc1cc(CC(=O)CBr)cc(OCC)c1. The van der Waals surface area contributed by atoms with E-state index in [2.05, 4.69) is 15.9 Å². The molecule has 0 saturated carbocycles. The van der Waals surface area contributed by atoms with Crippen LogP contribution >= 0.6 is 15.9 Å². The van der Waals surface area contributed by atoms with Crippen molar-refractivity contribution in [3.05, 3.63) is 23.8 Å². The van der Waals surface area contributed by atoms with Crippen molar-refractivity contribution in [2.24, 2.45) is 0 Å². The van der Waals surface area contributed by atoms with Crippen molar-refractivity contribution in [3.63, 3.8) is 0 Å². The van der Waals surface area contributed by atoms with E-state index in [9.17, 15) is 4.79 Å². The number of Topliss-reactive ketones (excluding diaryl/α,β-unsaturated/α-hetero) is 1. The number of carbonyl (C=O) groups excluding carboxylic acids is 1. The van der Waals surface area contributed by atoms with Crippen molar-refractivity contribution in [2.45, 2.75) is 20.3 Å². The second-order valence-corrected chi connectivity index (χ2v) is 4.09. The second-order valence-electron chi connectivity index (χ2n) is 3.53. The van der Waals surface area contributed by atoms with Gasteiger partial charge < -0.3 is 9.47 Å². The van der Waals surface area contributed by atoms with Crippen LogP contribution in [0.25, 0.3) is 0 Å². The molecule has 0 heterocycles. The zero-order valence-electron chi connectivity index (χ0n) is 10.2. The highest BCUT2D eigenvalue weighted by Crippen LogP contribution is 2.23. The van der Waals surface area contributed by atoms with Gasteiger partial charge in [-0.3, -0.25) is 4.79 Å². The number of rotatable bonds is 7. The summed E-state index contributed by atoms with van der Waals surface area (Å²) in [4.78, 5) is 11.4. The molecule has 0 aromatic heterocycles. The standard InChI is InChI=1S/C13H17BrO3/c1-3-16-12-6-10(5-11(15)9-14)7-13(8-12)17-4-2/h6-8H,3-5,9H2,1-2H3. The van der Waals surface area contributed by atoms with Gasteiger partial charge in [0.2, 0.25) is 0 Å². The van der Waals surface area contributed by atoms with Gasteiger partial charge in [0.05, 0.1) is 18.5 Å². The first-order chi connectivity index (χ1) is 8.19. The van der Waals surface area contributed by atoms with Crippen LogP contribution in [0, 0.1) is 0 Å². The first kappa shape index (κ1) is 14.0. The third-order valence-corrected chi connectivity index (χ3v) is 2.74. The maximum atomic E-state index is 11.4. The first-order valence-corrected chi connectivity index (χ1v) is 6.79. The van der Waals surface area contributed by atoms with Gasteiger partial charge in [-0.25, -0.2) is 0 Å². The fourth-order valence-electron chi connectivity index (χ4n) is 1.51. The number of ether oxygens (including phenoxy) is 2. The fourth-order valence-corrected chi connectivity index (χ4v) is 1.71. The maximum Gasteiger partial charge on any atom is 0.147 e. The Morgan fingerprint density at radius 1 is 1.12 bits per heavy atom. The molecule has 3 nitrogen and oxygen atoms in total. The van der Waals surface area contributed by atoms with Crippen molar-refractivity contribution in [1.82, 2.24) is 0 Å². The van der Waals surface area contributed by atoms with Gasteiger partial charge in [0.1, 0.15) is 17.3 Å². The molecule has 4 heteroatoms. The average molecular weight is 301 g/mol. The molecular formula is C13H17BrO3. The molecular weight excluding hydrogens is 284 g/mol. The first-order valence-electron chi connectivity index (χ1n) is 5.66. The number of benzene rings is 1. The van der Waals surface area contributed by atoms with E-state index in [0.717, 1.165) is 17.1 Å². The van der Waals surface area contributed by atoms with Crippen molar-refractivity contribution in [3.8, 4) is 11.5 Å². The maximum absolute atomic E-state index is 11.4. The monoisotopic (exact) mass is 300 g/mol. The van der Waals surface area contributed by atoms with Crippen LogP contribution in [0.3, 0.4) is 0 Å². The van der Waals surface area contributed by atoms with E-state index in [1.54, 1.807) is 0 Å². The molecule has 0 bridgehead atoms. The van der Waals surface area contributed by atoms with Crippen molar-refractivity contribution < 1.29 is 14.3 Å². The summed E-state index contributed by atoms with van der Waals surface area (Å²) in [5, 5.41) is 0.371. The molecule has 1 aromatic carbocycles. The minimum absolute atomic E-state index is 0.140. The minimum atomic E-state index is 0.140. The van der Waals surface area contributed by atoms with Crippen LogP contribution in [0.1, 0.15) is 19.4 Å². The lowest BCUT2D eigenvalue weighted by Crippen LogP contribution is -2.04. The lowest BCUT2D eigenvalue weighted by molar-refractivity contribution is -0.115. The Morgan fingerprint density at radius 3 is 2.06 bits per heavy atom. The van der Waals surface area contributed by atoms with Gasteiger partial charge in [-0.2, -0.15) is 0 Å². The number of ketones is 1. The average Bonchev–Trinajstić information content (AvgIpc) is 2.29. The smallest absolute Gasteiger partial charge is 0.147 e. The van der Waals surface area contributed by atoms with Crippen LogP contribution in [0.5, 0.6) is 11.5 Å². The molecule has 94 valence electrons. The van der Waals surface area contributed by atoms with Crippen LogP contribution in [-0.2, 0) is 11.2 Å². The summed E-state index contributed by atoms with van der Waals surface area (Å²) in [5.41, 5.74) is 0.920. The van der Waals surface area contributed by atoms with Gasteiger partial charge in [0.15, 0.2) is 0 Å². The summed E-state index contributed by atoms with van der Waals surface area (Å²) < 4.78 is 10.9. The highest BCUT2D eigenvalue weighted by Gasteiger charge is 2.06. The molecule has 0 unspecified atom stereocenters. The molecule has 0 spiro atoms. The summed E-state index contributed by atoms with van der Waals surface area (Å²) >= 11 is 3.16. The Morgan fingerprint density at radius 2 is 1.65 bits per heavy atom. The van der Waals surface area contributed by atoms with Crippen LogP contribution in [0.2, 0.25) is 0 Å². The van der Waals surface area contributed by atoms with E-state index < -0.39 is 0 Å². The summed E-state index contributed by atoms with van der Waals surface area (Å²) in [5.74, 6) is 1.63. The highest BCUT2D eigenvalue weighted by atomic mass is 79.9. The van der Waals surface area contributed by atoms with Crippen LogP contribution in [-0.4, -0.2) is 24.3 Å². The molecule has 0 saturated heterocycles. The molecule has 0 radical (unpaired) electrons. The number of alkyl halides is 1. The predicted octanol–water partition coefficient (Wildman–Crippen LogP) is 2.99. The predicted molar refractivity (Wildman–Crippen MR) is 71.3 cm³/mol. The highest BCUT2D eigenvalue weighted by molar-refractivity contribution is 9.09. The molecule has 0 aliphatic rings. The second kappa shape index (κ2) is 7.33. The number of hydrogen-bond donors (Lipinski definition) is 0. The van der Waals surface area contributed by atoms with Gasteiger partial charge in [0, 0.05) is 12.5 Å². The topological polar surface area (TPSA) is 35.5 Å². The van der Waals surface area contributed by atoms with Gasteiger partial charge in [-0.1, -0.05) is 15.9 Å².